The molecule has 10 heteroatoms. The number of hydrogen-bond acceptors (Lipinski definition) is 7. The predicted octanol–water partition coefficient (Wildman–Crippen LogP) is 0.0954. The van der Waals surface area contributed by atoms with Gasteiger partial charge in [-0.25, -0.2) is 23.4 Å². The summed E-state index contributed by atoms with van der Waals surface area (Å²) in [5.41, 5.74) is 0. The number of aryl methyl sites for hydroxylation is 2. The Balaban J connectivity index is 1.74. The highest BCUT2D eigenvalue weighted by atomic mass is 32.2. The van der Waals surface area contributed by atoms with Crippen LogP contribution >= 0.6 is 0 Å². The van der Waals surface area contributed by atoms with E-state index in [1.807, 2.05) is 32.0 Å². The molecule has 1 saturated heterocycles. The Morgan fingerprint density at radius 2 is 1.80 bits per heavy atom. The third kappa shape index (κ3) is 3.59. The lowest BCUT2D eigenvalue weighted by Crippen LogP contribution is -2.49. The standard InChI is InChI=1S/C15H23N7O2S/c1-12-17-13(19(2)3)9-14(18-12)21-5-7-22(8-6-21)25(23,24)15-10-20(4)11-16-15/h9-11H,5-8H2,1-4H3. The van der Waals surface area contributed by atoms with Crippen LogP contribution in [-0.4, -0.2) is 72.5 Å². The molecule has 0 aromatic carbocycles. The van der Waals surface area contributed by atoms with Gasteiger partial charge in [0.1, 0.15) is 17.5 Å². The molecule has 0 atom stereocenters. The Kier molecular flexibility index (Phi) is 4.65. The summed E-state index contributed by atoms with van der Waals surface area (Å²) < 4.78 is 28.4. The van der Waals surface area contributed by atoms with E-state index < -0.39 is 10.0 Å². The summed E-state index contributed by atoms with van der Waals surface area (Å²) in [5.74, 6) is 2.36. The minimum absolute atomic E-state index is 0.0937. The van der Waals surface area contributed by atoms with E-state index in [0.29, 0.717) is 32.0 Å². The van der Waals surface area contributed by atoms with Gasteiger partial charge in [-0.3, -0.25) is 0 Å². The predicted molar refractivity (Wildman–Crippen MR) is 95.3 cm³/mol. The summed E-state index contributed by atoms with van der Waals surface area (Å²) in [5, 5.41) is 0.0937. The third-order valence-electron chi connectivity index (χ3n) is 4.12. The van der Waals surface area contributed by atoms with Crippen molar-refractivity contribution in [2.24, 2.45) is 7.05 Å². The van der Waals surface area contributed by atoms with Gasteiger partial charge in [-0.1, -0.05) is 0 Å². The number of anilines is 2. The molecule has 0 bridgehead atoms. The SMILES string of the molecule is Cc1nc(N(C)C)cc(N2CCN(S(=O)(=O)c3cn(C)cn3)CC2)n1. The van der Waals surface area contributed by atoms with E-state index in [2.05, 4.69) is 19.9 Å². The van der Waals surface area contributed by atoms with E-state index in [1.165, 1.54) is 16.8 Å². The molecule has 1 aliphatic heterocycles. The Bertz CT molecular complexity index is 855. The number of aromatic nitrogens is 4. The first-order valence-corrected chi connectivity index (χ1v) is 9.47. The molecule has 1 aliphatic rings. The molecule has 0 amide bonds. The van der Waals surface area contributed by atoms with E-state index in [0.717, 1.165) is 11.6 Å². The molecule has 0 radical (unpaired) electrons. The van der Waals surface area contributed by atoms with Gasteiger partial charge in [0.2, 0.25) is 0 Å². The van der Waals surface area contributed by atoms with Crippen molar-refractivity contribution in [1.82, 2.24) is 23.8 Å². The second kappa shape index (κ2) is 6.60. The molecule has 0 unspecified atom stereocenters. The van der Waals surface area contributed by atoms with E-state index in [9.17, 15) is 8.42 Å². The quantitative estimate of drug-likeness (QED) is 0.759. The van der Waals surface area contributed by atoms with Gasteiger partial charge >= 0.3 is 0 Å². The van der Waals surface area contributed by atoms with Crippen molar-refractivity contribution in [3.8, 4) is 0 Å². The summed E-state index contributed by atoms with van der Waals surface area (Å²) in [6.07, 6.45) is 3.02. The van der Waals surface area contributed by atoms with Crippen LogP contribution in [0.1, 0.15) is 5.82 Å². The number of sulfonamides is 1. The lowest BCUT2D eigenvalue weighted by Gasteiger charge is -2.34. The third-order valence-corrected chi connectivity index (χ3v) is 5.90. The summed E-state index contributed by atoms with van der Waals surface area (Å²) in [6.45, 7) is 3.82. The van der Waals surface area contributed by atoms with E-state index in [4.69, 9.17) is 0 Å². The van der Waals surface area contributed by atoms with E-state index in [1.54, 1.807) is 11.6 Å². The molecule has 0 saturated carbocycles. The first kappa shape index (κ1) is 17.6. The fourth-order valence-corrected chi connectivity index (χ4v) is 4.13. The zero-order chi connectivity index (χ0) is 18.2. The highest BCUT2D eigenvalue weighted by molar-refractivity contribution is 7.89. The Labute approximate surface area is 148 Å². The Hall–Kier alpha value is -2.20. The highest BCUT2D eigenvalue weighted by Gasteiger charge is 2.30. The van der Waals surface area contributed by atoms with Gasteiger partial charge < -0.3 is 14.4 Å². The fraction of sp³-hybridized carbons (Fsp3) is 0.533. The molecule has 25 heavy (non-hydrogen) atoms. The summed E-state index contributed by atoms with van der Waals surface area (Å²) in [6, 6.07) is 1.93. The van der Waals surface area contributed by atoms with Gasteiger partial charge in [-0.15, -0.1) is 0 Å². The Morgan fingerprint density at radius 3 is 2.36 bits per heavy atom. The van der Waals surface area contributed by atoms with Crippen LogP contribution in [0.15, 0.2) is 23.6 Å². The van der Waals surface area contributed by atoms with Crippen LogP contribution in [0.2, 0.25) is 0 Å². The molecule has 3 rings (SSSR count). The maximum absolute atomic E-state index is 12.6. The van der Waals surface area contributed by atoms with Crippen molar-refractivity contribution in [2.75, 3.05) is 50.1 Å². The summed E-state index contributed by atoms with van der Waals surface area (Å²) in [4.78, 5) is 16.9. The van der Waals surface area contributed by atoms with Gasteiger partial charge in [0.15, 0.2) is 5.03 Å². The first-order valence-electron chi connectivity index (χ1n) is 8.03. The van der Waals surface area contributed by atoms with Crippen LogP contribution in [0.5, 0.6) is 0 Å². The maximum Gasteiger partial charge on any atom is 0.262 e. The average Bonchev–Trinajstić information content (AvgIpc) is 3.01. The smallest absolute Gasteiger partial charge is 0.262 e. The molecule has 1 fully saturated rings. The molecule has 0 spiro atoms. The van der Waals surface area contributed by atoms with Crippen LogP contribution in [0.25, 0.3) is 0 Å². The van der Waals surface area contributed by atoms with Crippen molar-refractivity contribution < 1.29 is 8.42 Å². The van der Waals surface area contributed by atoms with Gasteiger partial charge in [0.25, 0.3) is 10.0 Å². The zero-order valence-corrected chi connectivity index (χ0v) is 15.7. The van der Waals surface area contributed by atoms with Gasteiger partial charge in [0.05, 0.1) is 6.33 Å². The summed E-state index contributed by atoms with van der Waals surface area (Å²) in [7, 11) is 2.08. The fourth-order valence-electron chi connectivity index (χ4n) is 2.74. The van der Waals surface area contributed by atoms with Crippen LogP contribution in [0, 0.1) is 6.92 Å². The second-order valence-corrected chi connectivity index (χ2v) is 8.18. The molecule has 0 N–H and O–H groups in total. The lowest BCUT2D eigenvalue weighted by atomic mass is 10.3. The van der Waals surface area contributed by atoms with Crippen molar-refractivity contribution in [1.29, 1.82) is 0 Å². The maximum atomic E-state index is 12.6. The van der Waals surface area contributed by atoms with E-state index >= 15 is 0 Å². The van der Waals surface area contributed by atoms with Crippen molar-refractivity contribution in [2.45, 2.75) is 11.9 Å². The molecule has 9 nitrogen and oxygen atoms in total. The number of nitrogens with zero attached hydrogens (tertiary/aromatic N) is 7. The number of imidazole rings is 1. The monoisotopic (exact) mass is 365 g/mol. The normalized spacial score (nSPS) is 16.2. The van der Waals surface area contributed by atoms with Crippen LogP contribution in [0.4, 0.5) is 11.6 Å². The number of hydrogen-bond donors (Lipinski definition) is 0. The van der Waals surface area contributed by atoms with E-state index in [-0.39, 0.29) is 5.03 Å². The second-order valence-electron chi connectivity index (χ2n) is 6.29. The van der Waals surface area contributed by atoms with Crippen LogP contribution in [0.3, 0.4) is 0 Å². The number of rotatable bonds is 4. The zero-order valence-electron chi connectivity index (χ0n) is 14.9. The molecule has 2 aromatic rings. The molecule has 2 aromatic heterocycles. The van der Waals surface area contributed by atoms with Gasteiger partial charge in [-0.2, -0.15) is 4.31 Å². The number of piperazine rings is 1. The van der Waals surface area contributed by atoms with Gasteiger partial charge in [0, 0.05) is 59.6 Å². The van der Waals surface area contributed by atoms with Crippen molar-refractivity contribution in [3.05, 3.63) is 24.4 Å². The lowest BCUT2D eigenvalue weighted by molar-refractivity contribution is 0.382. The minimum Gasteiger partial charge on any atom is -0.363 e. The topological polar surface area (TPSA) is 87.5 Å². The largest absolute Gasteiger partial charge is 0.363 e. The van der Waals surface area contributed by atoms with Crippen LogP contribution in [-0.2, 0) is 17.1 Å². The van der Waals surface area contributed by atoms with Crippen LogP contribution < -0.4 is 9.80 Å². The average molecular weight is 365 g/mol. The molecule has 136 valence electrons. The summed E-state index contributed by atoms with van der Waals surface area (Å²) >= 11 is 0. The molecular weight excluding hydrogens is 342 g/mol. The first-order chi connectivity index (χ1) is 11.8. The minimum atomic E-state index is -3.54. The molecule has 3 heterocycles. The van der Waals surface area contributed by atoms with Crippen molar-refractivity contribution in [3.63, 3.8) is 0 Å². The highest BCUT2D eigenvalue weighted by Crippen LogP contribution is 2.21. The molecular formula is C15H23N7O2S. The van der Waals surface area contributed by atoms with Gasteiger partial charge in [-0.05, 0) is 6.92 Å². The Morgan fingerprint density at radius 1 is 1.12 bits per heavy atom. The molecule has 0 aliphatic carbocycles. The van der Waals surface area contributed by atoms with Crippen molar-refractivity contribution >= 4 is 21.7 Å².